The summed E-state index contributed by atoms with van der Waals surface area (Å²) in [7, 11) is 0. The number of aliphatic hydroxyl groups is 1. The summed E-state index contributed by atoms with van der Waals surface area (Å²) in [6.07, 6.45) is 0.771. The molecule has 1 aromatic carbocycles. The molecule has 0 aliphatic carbocycles. The Hall–Kier alpha value is -2.72. The van der Waals surface area contributed by atoms with E-state index in [1.54, 1.807) is 9.80 Å². The molecule has 3 saturated heterocycles. The van der Waals surface area contributed by atoms with Gasteiger partial charge in [0.05, 0.1) is 34.8 Å². The molecule has 9 nitrogen and oxygen atoms in total. The highest BCUT2D eigenvalue weighted by atomic mass is 32.1. The standard InChI is InChI=1S/C21H24N4O5S/c1-11-17-14(6-8-24(17)19(28)15-3-2-7-23(15)21(29)30)25(18(11)27)20-22-13-5-4-12(10-26)9-16(13)31-20/h4-5,9,11,14-15,17,26H,2-3,6-8,10H2,1H3,(H,29,30)/t11-,14-,15-,17+/m0/s1. The fraction of sp³-hybridized carbons (Fsp3) is 0.524. The van der Waals surface area contributed by atoms with E-state index in [2.05, 4.69) is 4.98 Å². The van der Waals surface area contributed by atoms with Gasteiger partial charge in [0.15, 0.2) is 5.13 Å². The Morgan fingerprint density at radius 2 is 2.03 bits per heavy atom. The summed E-state index contributed by atoms with van der Waals surface area (Å²) in [6, 6.07) is 4.43. The molecule has 3 fully saturated rings. The molecule has 0 radical (unpaired) electrons. The molecule has 5 rings (SSSR count). The van der Waals surface area contributed by atoms with E-state index in [9.17, 15) is 24.6 Å². The summed E-state index contributed by atoms with van der Waals surface area (Å²) < 4.78 is 0.902. The van der Waals surface area contributed by atoms with E-state index in [1.807, 2.05) is 25.1 Å². The van der Waals surface area contributed by atoms with Crippen LogP contribution in [-0.4, -0.2) is 74.1 Å². The third kappa shape index (κ3) is 3.08. The molecule has 0 bridgehead atoms. The Balaban J connectivity index is 1.43. The highest BCUT2D eigenvalue weighted by molar-refractivity contribution is 7.22. The van der Waals surface area contributed by atoms with Crippen molar-refractivity contribution in [1.82, 2.24) is 14.8 Å². The van der Waals surface area contributed by atoms with Crippen molar-refractivity contribution in [2.75, 3.05) is 18.0 Å². The monoisotopic (exact) mass is 444 g/mol. The van der Waals surface area contributed by atoms with Crippen molar-refractivity contribution in [2.45, 2.75) is 50.9 Å². The molecular formula is C21H24N4O5S. The molecule has 0 saturated carbocycles. The fourth-order valence-electron chi connectivity index (χ4n) is 5.31. The van der Waals surface area contributed by atoms with Crippen LogP contribution in [0.25, 0.3) is 10.2 Å². The van der Waals surface area contributed by atoms with Crippen molar-refractivity contribution in [3.05, 3.63) is 23.8 Å². The van der Waals surface area contributed by atoms with Gasteiger partial charge >= 0.3 is 6.09 Å². The molecule has 10 heteroatoms. The molecule has 3 amide bonds. The number of rotatable bonds is 3. The number of amides is 3. The molecule has 3 aliphatic rings. The zero-order valence-electron chi connectivity index (χ0n) is 17.1. The van der Waals surface area contributed by atoms with Crippen molar-refractivity contribution in [3.8, 4) is 0 Å². The first-order chi connectivity index (χ1) is 14.9. The molecule has 1 aromatic heterocycles. The molecule has 31 heavy (non-hydrogen) atoms. The lowest BCUT2D eigenvalue weighted by Gasteiger charge is -2.31. The van der Waals surface area contributed by atoms with Crippen molar-refractivity contribution in [2.24, 2.45) is 5.92 Å². The number of aliphatic hydroxyl groups excluding tert-OH is 1. The largest absolute Gasteiger partial charge is 0.465 e. The van der Waals surface area contributed by atoms with Gasteiger partial charge in [-0.3, -0.25) is 19.4 Å². The molecule has 0 spiro atoms. The summed E-state index contributed by atoms with van der Waals surface area (Å²) >= 11 is 1.41. The Morgan fingerprint density at radius 3 is 2.77 bits per heavy atom. The molecule has 4 atom stereocenters. The van der Waals surface area contributed by atoms with Crippen LogP contribution in [0.4, 0.5) is 9.93 Å². The number of nitrogens with zero attached hydrogens (tertiary/aromatic N) is 4. The average molecular weight is 445 g/mol. The van der Waals surface area contributed by atoms with Gasteiger partial charge in [0.2, 0.25) is 11.8 Å². The SMILES string of the molecule is C[C@@H]1C(=O)N(c2nc3ccc(CO)cc3s2)[C@H]2CCN(C(=O)[C@@H]3CCCN3C(=O)O)[C@H]12. The minimum absolute atomic E-state index is 0.0564. The second-order valence-corrected chi connectivity index (χ2v) is 9.47. The number of hydrogen-bond acceptors (Lipinski definition) is 6. The van der Waals surface area contributed by atoms with Gasteiger partial charge < -0.3 is 15.1 Å². The zero-order chi connectivity index (χ0) is 21.9. The number of carboxylic acid groups (broad SMARTS) is 1. The van der Waals surface area contributed by atoms with Gasteiger partial charge in [-0.1, -0.05) is 24.3 Å². The molecular weight excluding hydrogens is 420 g/mol. The Kier molecular flexibility index (Phi) is 4.86. The summed E-state index contributed by atoms with van der Waals surface area (Å²) in [5.74, 6) is -0.627. The Bertz CT molecular complexity index is 1070. The van der Waals surface area contributed by atoms with Crippen LogP contribution >= 0.6 is 11.3 Å². The van der Waals surface area contributed by atoms with E-state index in [-0.39, 0.29) is 36.4 Å². The maximum atomic E-state index is 13.3. The zero-order valence-corrected chi connectivity index (χ0v) is 17.9. The first-order valence-electron chi connectivity index (χ1n) is 10.5. The highest BCUT2D eigenvalue weighted by Crippen LogP contribution is 2.42. The van der Waals surface area contributed by atoms with E-state index in [1.165, 1.54) is 16.2 Å². The summed E-state index contributed by atoms with van der Waals surface area (Å²) in [6.45, 7) is 2.66. The fourth-order valence-corrected chi connectivity index (χ4v) is 6.40. The molecule has 0 unspecified atom stereocenters. The van der Waals surface area contributed by atoms with Crippen molar-refractivity contribution >= 4 is 44.6 Å². The quantitative estimate of drug-likeness (QED) is 0.747. The maximum Gasteiger partial charge on any atom is 0.407 e. The van der Waals surface area contributed by atoms with Gasteiger partial charge in [-0.15, -0.1) is 0 Å². The average Bonchev–Trinajstić information content (AvgIpc) is 3.52. The topological polar surface area (TPSA) is 114 Å². The van der Waals surface area contributed by atoms with E-state index in [0.29, 0.717) is 37.5 Å². The third-order valence-electron chi connectivity index (χ3n) is 6.79. The van der Waals surface area contributed by atoms with Crippen LogP contribution in [0, 0.1) is 5.92 Å². The number of likely N-dealkylation sites (tertiary alicyclic amines) is 2. The maximum absolute atomic E-state index is 13.3. The number of thiazole rings is 1. The lowest BCUT2D eigenvalue weighted by molar-refractivity contribution is -0.137. The van der Waals surface area contributed by atoms with Crippen molar-refractivity contribution in [3.63, 3.8) is 0 Å². The van der Waals surface area contributed by atoms with Crippen molar-refractivity contribution in [1.29, 1.82) is 0 Å². The van der Waals surface area contributed by atoms with Crippen LogP contribution in [-0.2, 0) is 16.2 Å². The predicted octanol–water partition coefficient (Wildman–Crippen LogP) is 1.88. The molecule has 4 heterocycles. The lowest BCUT2D eigenvalue weighted by Crippen LogP contribution is -2.51. The smallest absolute Gasteiger partial charge is 0.407 e. The molecule has 2 aromatic rings. The summed E-state index contributed by atoms with van der Waals surface area (Å²) in [5.41, 5.74) is 1.56. The Morgan fingerprint density at radius 1 is 1.23 bits per heavy atom. The van der Waals surface area contributed by atoms with Gasteiger partial charge in [-0.25, -0.2) is 9.78 Å². The minimum atomic E-state index is -1.07. The number of carbonyl (C=O) groups is 3. The van der Waals surface area contributed by atoms with E-state index < -0.39 is 12.1 Å². The van der Waals surface area contributed by atoms with E-state index >= 15 is 0 Å². The first-order valence-corrected chi connectivity index (χ1v) is 11.4. The second-order valence-electron chi connectivity index (χ2n) is 8.47. The molecule has 164 valence electrons. The normalized spacial score (nSPS) is 28.1. The number of aromatic nitrogens is 1. The van der Waals surface area contributed by atoms with E-state index in [0.717, 1.165) is 15.8 Å². The third-order valence-corrected chi connectivity index (χ3v) is 7.81. The van der Waals surface area contributed by atoms with E-state index in [4.69, 9.17) is 0 Å². The first kappa shape index (κ1) is 20.2. The van der Waals surface area contributed by atoms with Crippen LogP contribution in [0.1, 0.15) is 31.7 Å². The summed E-state index contributed by atoms with van der Waals surface area (Å²) in [5, 5.41) is 19.4. The minimum Gasteiger partial charge on any atom is -0.465 e. The van der Waals surface area contributed by atoms with Gasteiger partial charge in [-0.05, 0) is 37.0 Å². The van der Waals surface area contributed by atoms with Crippen molar-refractivity contribution < 1.29 is 24.6 Å². The number of benzene rings is 1. The number of fused-ring (bicyclic) bond motifs is 2. The number of carbonyl (C=O) groups excluding carboxylic acids is 2. The second kappa shape index (κ2) is 7.45. The van der Waals surface area contributed by atoms with Gasteiger partial charge in [0.25, 0.3) is 0 Å². The van der Waals surface area contributed by atoms with Gasteiger partial charge in [0.1, 0.15) is 6.04 Å². The van der Waals surface area contributed by atoms with Crippen LogP contribution in [0.5, 0.6) is 0 Å². The highest BCUT2D eigenvalue weighted by Gasteiger charge is 2.55. The molecule has 2 N–H and O–H groups in total. The van der Waals surface area contributed by atoms with Crippen LogP contribution in [0.2, 0.25) is 0 Å². The van der Waals surface area contributed by atoms with Gasteiger partial charge in [0, 0.05) is 13.1 Å². The van der Waals surface area contributed by atoms with Crippen LogP contribution < -0.4 is 4.90 Å². The Labute approximate surface area is 182 Å². The van der Waals surface area contributed by atoms with Gasteiger partial charge in [-0.2, -0.15) is 0 Å². The molecule has 3 aliphatic heterocycles. The summed E-state index contributed by atoms with van der Waals surface area (Å²) in [4.78, 5) is 47.3. The number of anilines is 1. The predicted molar refractivity (Wildman–Crippen MR) is 114 cm³/mol. The van der Waals surface area contributed by atoms with Crippen LogP contribution in [0.15, 0.2) is 18.2 Å². The number of hydrogen-bond donors (Lipinski definition) is 2. The van der Waals surface area contributed by atoms with Crippen LogP contribution in [0.3, 0.4) is 0 Å². The lowest BCUT2D eigenvalue weighted by atomic mass is 10.0.